The van der Waals surface area contributed by atoms with Gasteiger partial charge in [-0.15, -0.1) is 11.3 Å². The van der Waals surface area contributed by atoms with Gasteiger partial charge in [-0.2, -0.15) is 11.8 Å². The lowest BCUT2D eigenvalue weighted by Crippen LogP contribution is -2.32. The first kappa shape index (κ1) is 19.9. The minimum Gasteiger partial charge on any atom is -0.497 e. The highest BCUT2D eigenvalue weighted by Crippen LogP contribution is 2.26. The SMILES string of the molecule is COc1ccc(-c2nc(C(=O)Nc3ccccc3CN3CCSCC3)cs2)cc1. The topological polar surface area (TPSA) is 54.5 Å². The number of nitrogens with zero attached hydrogens (tertiary/aromatic N) is 2. The summed E-state index contributed by atoms with van der Waals surface area (Å²) in [6, 6.07) is 15.7. The molecule has 2 heterocycles. The number of benzene rings is 2. The van der Waals surface area contributed by atoms with Gasteiger partial charge in [-0.25, -0.2) is 4.98 Å². The minimum absolute atomic E-state index is 0.178. The van der Waals surface area contributed by atoms with Crippen LogP contribution < -0.4 is 10.1 Å². The molecule has 0 spiro atoms. The zero-order valence-electron chi connectivity index (χ0n) is 16.3. The fourth-order valence-electron chi connectivity index (χ4n) is 3.21. The van der Waals surface area contributed by atoms with E-state index in [0.717, 1.165) is 47.2 Å². The molecule has 1 saturated heterocycles. The lowest BCUT2D eigenvalue weighted by molar-refractivity contribution is 0.102. The molecule has 4 rings (SSSR count). The van der Waals surface area contributed by atoms with Crippen LogP contribution >= 0.6 is 23.1 Å². The molecule has 0 unspecified atom stereocenters. The summed E-state index contributed by atoms with van der Waals surface area (Å²) in [5.41, 5.74) is 3.40. The maximum absolute atomic E-state index is 12.8. The molecular formula is C22H23N3O2S2. The Morgan fingerprint density at radius 1 is 1.14 bits per heavy atom. The van der Waals surface area contributed by atoms with Gasteiger partial charge in [0.05, 0.1) is 7.11 Å². The molecule has 1 amide bonds. The monoisotopic (exact) mass is 425 g/mol. The van der Waals surface area contributed by atoms with Gasteiger partial charge in [-0.1, -0.05) is 18.2 Å². The van der Waals surface area contributed by atoms with Gasteiger partial charge in [0.2, 0.25) is 0 Å². The van der Waals surface area contributed by atoms with Crippen LogP contribution in [-0.4, -0.2) is 47.5 Å². The van der Waals surface area contributed by atoms with Crippen LogP contribution in [0.15, 0.2) is 53.9 Å². The van der Waals surface area contributed by atoms with Crippen LogP contribution in [0.2, 0.25) is 0 Å². The van der Waals surface area contributed by atoms with Crippen LogP contribution in [0.3, 0.4) is 0 Å². The first-order valence-corrected chi connectivity index (χ1v) is 11.6. The summed E-state index contributed by atoms with van der Waals surface area (Å²) >= 11 is 3.46. The third-order valence-electron chi connectivity index (χ3n) is 4.84. The molecule has 0 aliphatic carbocycles. The number of aromatic nitrogens is 1. The second-order valence-electron chi connectivity index (χ2n) is 6.77. The average molecular weight is 426 g/mol. The number of para-hydroxylation sites is 1. The summed E-state index contributed by atoms with van der Waals surface area (Å²) < 4.78 is 5.19. The summed E-state index contributed by atoms with van der Waals surface area (Å²) in [7, 11) is 1.64. The molecule has 3 aromatic rings. The summed E-state index contributed by atoms with van der Waals surface area (Å²) in [6.07, 6.45) is 0. The third kappa shape index (κ3) is 4.98. The molecule has 150 valence electrons. The number of thioether (sulfide) groups is 1. The predicted molar refractivity (Wildman–Crippen MR) is 121 cm³/mol. The van der Waals surface area contributed by atoms with Crippen molar-refractivity contribution in [3.8, 4) is 16.3 Å². The summed E-state index contributed by atoms with van der Waals surface area (Å²) in [5.74, 6) is 2.96. The van der Waals surface area contributed by atoms with Crippen molar-refractivity contribution in [2.45, 2.75) is 6.54 Å². The lowest BCUT2D eigenvalue weighted by Gasteiger charge is -2.27. The standard InChI is InChI=1S/C22H23N3O2S2/c1-27-18-8-6-16(7-9-18)22-24-20(15-29-22)21(26)23-19-5-3-2-4-17(19)14-25-10-12-28-13-11-25/h2-9,15H,10-14H2,1H3,(H,23,26). The van der Waals surface area contributed by atoms with E-state index in [1.807, 2.05) is 54.2 Å². The van der Waals surface area contributed by atoms with E-state index in [9.17, 15) is 4.79 Å². The molecule has 0 atom stereocenters. The smallest absolute Gasteiger partial charge is 0.275 e. The van der Waals surface area contributed by atoms with E-state index in [1.54, 1.807) is 12.5 Å². The molecule has 1 aliphatic heterocycles. The van der Waals surface area contributed by atoms with Crippen molar-refractivity contribution in [1.29, 1.82) is 0 Å². The maximum atomic E-state index is 12.8. The lowest BCUT2D eigenvalue weighted by atomic mass is 10.1. The van der Waals surface area contributed by atoms with Crippen molar-refractivity contribution in [2.24, 2.45) is 0 Å². The van der Waals surface area contributed by atoms with E-state index < -0.39 is 0 Å². The van der Waals surface area contributed by atoms with E-state index in [-0.39, 0.29) is 5.91 Å². The average Bonchev–Trinajstić information content (AvgIpc) is 3.26. The predicted octanol–water partition coefficient (Wildman–Crippen LogP) is 4.62. The van der Waals surface area contributed by atoms with Gasteiger partial charge in [0, 0.05) is 47.8 Å². The first-order valence-electron chi connectivity index (χ1n) is 9.52. The normalized spacial score (nSPS) is 14.5. The second-order valence-corrected chi connectivity index (χ2v) is 8.85. The zero-order valence-corrected chi connectivity index (χ0v) is 17.9. The van der Waals surface area contributed by atoms with E-state index in [1.165, 1.54) is 22.8 Å². The van der Waals surface area contributed by atoms with E-state index in [4.69, 9.17) is 4.74 Å². The highest BCUT2D eigenvalue weighted by molar-refractivity contribution is 7.99. The molecule has 1 fully saturated rings. The first-order chi connectivity index (χ1) is 14.2. The number of amides is 1. The van der Waals surface area contributed by atoms with Gasteiger partial charge in [-0.05, 0) is 35.9 Å². The molecule has 2 aromatic carbocycles. The Labute approximate surface area is 179 Å². The Bertz CT molecular complexity index is 966. The van der Waals surface area contributed by atoms with Gasteiger partial charge in [0.1, 0.15) is 16.5 Å². The van der Waals surface area contributed by atoms with Crippen molar-refractivity contribution in [3.63, 3.8) is 0 Å². The minimum atomic E-state index is -0.178. The quantitative estimate of drug-likeness (QED) is 0.625. The number of nitrogens with one attached hydrogen (secondary N) is 1. The summed E-state index contributed by atoms with van der Waals surface area (Å²) in [5, 5.41) is 5.67. The number of methoxy groups -OCH3 is 1. The van der Waals surface area contributed by atoms with Crippen molar-refractivity contribution < 1.29 is 9.53 Å². The van der Waals surface area contributed by atoms with E-state index >= 15 is 0 Å². The number of ether oxygens (including phenoxy) is 1. The fraction of sp³-hybridized carbons (Fsp3) is 0.273. The molecule has 7 heteroatoms. The summed E-state index contributed by atoms with van der Waals surface area (Å²) in [4.78, 5) is 19.8. The van der Waals surface area contributed by atoms with Gasteiger partial charge >= 0.3 is 0 Å². The van der Waals surface area contributed by atoms with Crippen LogP contribution in [-0.2, 0) is 6.54 Å². The highest BCUT2D eigenvalue weighted by Gasteiger charge is 2.16. The second kappa shape index (κ2) is 9.43. The number of hydrogen-bond donors (Lipinski definition) is 1. The number of thiazole rings is 1. The van der Waals surface area contributed by atoms with Gasteiger partial charge in [-0.3, -0.25) is 9.69 Å². The number of anilines is 1. The number of carbonyl (C=O) groups is 1. The van der Waals surface area contributed by atoms with Crippen molar-refractivity contribution in [1.82, 2.24) is 9.88 Å². The molecule has 5 nitrogen and oxygen atoms in total. The van der Waals surface area contributed by atoms with Crippen LogP contribution in [0.4, 0.5) is 5.69 Å². The Balaban J connectivity index is 1.46. The van der Waals surface area contributed by atoms with E-state index in [2.05, 4.69) is 21.3 Å². The maximum Gasteiger partial charge on any atom is 0.275 e. The van der Waals surface area contributed by atoms with Crippen molar-refractivity contribution >= 4 is 34.7 Å². The fourth-order valence-corrected chi connectivity index (χ4v) is 5.00. The molecule has 1 aliphatic rings. The van der Waals surface area contributed by atoms with Crippen molar-refractivity contribution in [3.05, 3.63) is 65.2 Å². The molecule has 0 bridgehead atoms. The molecule has 1 aromatic heterocycles. The largest absolute Gasteiger partial charge is 0.497 e. The van der Waals surface area contributed by atoms with Gasteiger partial charge in [0.15, 0.2) is 0 Å². The molecule has 1 N–H and O–H groups in total. The van der Waals surface area contributed by atoms with Crippen molar-refractivity contribution in [2.75, 3.05) is 37.0 Å². The zero-order chi connectivity index (χ0) is 20.1. The Hall–Kier alpha value is -2.35. The number of carbonyl (C=O) groups excluding carboxylic acids is 1. The van der Waals surface area contributed by atoms with E-state index in [0.29, 0.717) is 5.69 Å². The van der Waals surface area contributed by atoms with Crippen LogP contribution in [0.25, 0.3) is 10.6 Å². The summed E-state index contributed by atoms with van der Waals surface area (Å²) in [6.45, 7) is 3.03. The third-order valence-corrected chi connectivity index (χ3v) is 6.67. The van der Waals surface area contributed by atoms with Crippen LogP contribution in [0.1, 0.15) is 16.1 Å². The molecular weight excluding hydrogens is 402 g/mol. The molecule has 29 heavy (non-hydrogen) atoms. The van der Waals surface area contributed by atoms with Gasteiger partial charge < -0.3 is 10.1 Å². The number of rotatable bonds is 6. The van der Waals surface area contributed by atoms with Crippen LogP contribution in [0.5, 0.6) is 5.75 Å². The Kier molecular flexibility index (Phi) is 6.49. The van der Waals surface area contributed by atoms with Crippen LogP contribution in [0, 0.1) is 0 Å². The highest BCUT2D eigenvalue weighted by atomic mass is 32.2. The number of hydrogen-bond acceptors (Lipinski definition) is 6. The van der Waals surface area contributed by atoms with Gasteiger partial charge in [0.25, 0.3) is 5.91 Å². The molecule has 0 saturated carbocycles. The Morgan fingerprint density at radius 3 is 2.66 bits per heavy atom. The Morgan fingerprint density at radius 2 is 1.90 bits per heavy atom. The molecule has 0 radical (unpaired) electrons.